The molecule has 0 saturated carbocycles. The summed E-state index contributed by atoms with van der Waals surface area (Å²) >= 11 is 9.08. The quantitative estimate of drug-likeness (QED) is 0.889. The number of carboxylic acids is 1. The van der Waals surface area contributed by atoms with Gasteiger partial charge in [-0.25, -0.2) is 0 Å². The molecule has 1 aromatic rings. The van der Waals surface area contributed by atoms with Crippen LogP contribution in [0.1, 0.15) is 24.2 Å². The van der Waals surface area contributed by atoms with E-state index >= 15 is 0 Å². The standard InChI is InChI=1S/C12H13BrClNO3/c1-6(12(17)18)7(2)15-11(16)8-3-9(13)5-10(14)4-8/h3-7H,1-2H3,(H,15,16)(H,17,18). The second-order valence-corrected chi connectivity index (χ2v) is 5.40. The lowest BCUT2D eigenvalue weighted by molar-refractivity contribution is -0.141. The fraction of sp³-hybridized carbons (Fsp3) is 0.333. The zero-order valence-electron chi connectivity index (χ0n) is 9.91. The minimum atomic E-state index is -0.949. The number of hydrogen-bond acceptors (Lipinski definition) is 2. The van der Waals surface area contributed by atoms with Gasteiger partial charge in [-0.3, -0.25) is 9.59 Å². The van der Waals surface area contributed by atoms with Crippen molar-refractivity contribution in [2.45, 2.75) is 19.9 Å². The third-order valence-corrected chi connectivity index (χ3v) is 3.30. The van der Waals surface area contributed by atoms with E-state index in [4.69, 9.17) is 16.7 Å². The van der Waals surface area contributed by atoms with Gasteiger partial charge < -0.3 is 10.4 Å². The highest BCUT2D eigenvalue weighted by Gasteiger charge is 2.21. The van der Waals surface area contributed by atoms with E-state index in [-0.39, 0.29) is 5.91 Å². The topological polar surface area (TPSA) is 66.4 Å². The maximum absolute atomic E-state index is 11.9. The van der Waals surface area contributed by atoms with Crippen LogP contribution in [0.25, 0.3) is 0 Å². The number of carbonyl (C=O) groups excluding carboxylic acids is 1. The molecule has 1 aromatic carbocycles. The Balaban J connectivity index is 2.79. The summed E-state index contributed by atoms with van der Waals surface area (Å²) in [4.78, 5) is 22.7. The van der Waals surface area contributed by atoms with Gasteiger partial charge in [-0.05, 0) is 32.0 Å². The van der Waals surface area contributed by atoms with Crippen LogP contribution in [0, 0.1) is 5.92 Å². The van der Waals surface area contributed by atoms with Gasteiger partial charge in [0.05, 0.1) is 5.92 Å². The molecule has 0 radical (unpaired) electrons. The maximum atomic E-state index is 11.9. The molecule has 0 aliphatic rings. The predicted octanol–water partition coefficient (Wildman–Crippen LogP) is 2.94. The number of aliphatic carboxylic acids is 1. The Morgan fingerprint density at radius 3 is 2.44 bits per heavy atom. The van der Waals surface area contributed by atoms with Crippen molar-refractivity contribution in [3.63, 3.8) is 0 Å². The number of halogens is 2. The number of carboxylic acid groups (broad SMARTS) is 1. The van der Waals surface area contributed by atoms with Gasteiger partial charge in [0.2, 0.25) is 0 Å². The molecule has 2 atom stereocenters. The first kappa shape index (κ1) is 15.0. The number of hydrogen-bond donors (Lipinski definition) is 2. The van der Waals surface area contributed by atoms with Gasteiger partial charge in [0.1, 0.15) is 0 Å². The molecular weight excluding hydrogens is 321 g/mol. The molecule has 0 aromatic heterocycles. The molecule has 1 rings (SSSR count). The lowest BCUT2D eigenvalue weighted by Gasteiger charge is -2.17. The molecule has 0 bridgehead atoms. The second-order valence-electron chi connectivity index (χ2n) is 4.05. The molecule has 0 heterocycles. The lowest BCUT2D eigenvalue weighted by atomic mass is 10.0. The smallest absolute Gasteiger partial charge is 0.308 e. The summed E-state index contributed by atoms with van der Waals surface area (Å²) in [5.74, 6) is -1.95. The van der Waals surface area contributed by atoms with Gasteiger partial charge in [0.15, 0.2) is 0 Å². The molecular formula is C12H13BrClNO3. The van der Waals surface area contributed by atoms with E-state index in [1.165, 1.54) is 6.07 Å². The van der Waals surface area contributed by atoms with Gasteiger partial charge in [-0.15, -0.1) is 0 Å². The van der Waals surface area contributed by atoms with Crippen molar-refractivity contribution in [1.82, 2.24) is 5.32 Å². The van der Waals surface area contributed by atoms with Crippen molar-refractivity contribution in [2.75, 3.05) is 0 Å². The zero-order chi connectivity index (χ0) is 13.9. The van der Waals surface area contributed by atoms with Crippen LogP contribution < -0.4 is 5.32 Å². The SMILES string of the molecule is CC(NC(=O)c1cc(Cl)cc(Br)c1)C(C)C(=O)O. The fourth-order valence-corrected chi connectivity index (χ4v) is 2.17. The molecule has 0 fully saturated rings. The van der Waals surface area contributed by atoms with E-state index in [0.717, 1.165) is 0 Å². The number of amides is 1. The number of rotatable bonds is 4. The molecule has 1 amide bonds. The largest absolute Gasteiger partial charge is 0.481 e. The van der Waals surface area contributed by atoms with E-state index in [2.05, 4.69) is 21.2 Å². The van der Waals surface area contributed by atoms with Gasteiger partial charge >= 0.3 is 5.97 Å². The predicted molar refractivity (Wildman–Crippen MR) is 72.9 cm³/mol. The van der Waals surface area contributed by atoms with E-state index in [0.29, 0.717) is 15.1 Å². The summed E-state index contributed by atoms with van der Waals surface area (Å²) in [5, 5.41) is 11.9. The van der Waals surface area contributed by atoms with Crippen LogP contribution >= 0.6 is 27.5 Å². The Labute approximate surface area is 118 Å². The number of carbonyl (C=O) groups is 2. The van der Waals surface area contributed by atoms with Crippen LogP contribution in [0.4, 0.5) is 0 Å². The summed E-state index contributed by atoms with van der Waals surface area (Å²) in [6, 6.07) is 4.36. The molecule has 2 N–H and O–H groups in total. The first-order chi connectivity index (χ1) is 8.31. The van der Waals surface area contributed by atoms with Gasteiger partial charge in [-0.2, -0.15) is 0 Å². The molecule has 0 aliphatic heterocycles. The summed E-state index contributed by atoms with van der Waals surface area (Å²) in [7, 11) is 0. The molecule has 0 spiro atoms. The van der Waals surface area contributed by atoms with Crippen LogP contribution in [0.3, 0.4) is 0 Å². The van der Waals surface area contributed by atoms with Crippen LogP contribution in [0.15, 0.2) is 22.7 Å². The zero-order valence-corrected chi connectivity index (χ0v) is 12.2. The van der Waals surface area contributed by atoms with Crippen molar-refractivity contribution >= 4 is 39.4 Å². The van der Waals surface area contributed by atoms with E-state index < -0.39 is 17.9 Å². The summed E-state index contributed by atoms with van der Waals surface area (Å²) in [6.07, 6.45) is 0. The second kappa shape index (κ2) is 6.20. The normalized spacial score (nSPS) is 13.8. The van der Waals surface area contributed by atoms with E-state index in [9.17, 15) is 9.59 Å². The molecule has 0 saturated heterocycles. The average molecular weight is 335 g/mol. The minimum absolute atomic E-state index is 0.348. The van der Waals surface area contributed by atoms with Crippen molar-refractivity contribution < 1.29 is 14.7 Å². The van der Waals surface area contributed by atoms with Gasteiger partial charge in [-0.1, -0.05) is 27.5 Å². The Bertz CT molecular complexity index is 458. The monoisotopic (exact) mass is 333 g/mol. The lowest BCUT2D eigenvalue weighted by Crippen LogP contribution is -2.40. The van der Waals surface area contributed by atoms with Crippen LogP contribution in [-0.4, -0.2) is 23.0 Å². The molecule has 6 heteroatoms. The minimum Gasteiger partial charge on any atom is -0.481 e. The number of benzene rings is 1. The van der Waals surface area contributed by atoms with E-state index in [1.54, 1.807) is 26.0 Å². The Kier molecular flexibility index (Phi) is 5.16. The first-order valence-corrected chi connectivity index (χ1v) is 6.48. The van der Waals surface area contributed by atoms with Gasteiger partial charge in [0.25, 0.3) is 5.91 Å². The molecule has 98 valence electrons. The Morgan fingerprint density at radius 1 is 1.33 bits per heavy atom. The molecule has 2 unspecified atom stereocenters. The third-order valence-electron chi connectivity index (χ3n) is 2.62. The van der Waals surface area contributed by atoms with Crippen molar-refractivity contribution in [3.05, 3.63) is 33.3 Å². The number of nitrogens with one attached hydrogen (secondary N) is 1. The Morgan fingerprint density at radius 2 is 1.94 bits per heavy atom. The highest BCUT2D eigenvalue weighted by molar-refractivity contribution is 9.10. The summed E-state index contributed by atoms with van der Waals surface area (Å²) < 4.78 is 0.694. The van der Waals surface area contributed by atoms with Crippen molar-refractivity contribution in [2.24, 2.45) is 5.92 Å². The fourth-order valence-electron chi connectivity index (χ4n) is 1.31. The van der Waals surface area contributed by atoms with Crippen LogP contribution in [-0.2, 0) is 4.79 Å². The van der Waals surface area contributed by atoms with E-state index in [1.807, 2.05) is 0 Å². The van der Waals surface area contributed by atoms with Crippen molar-refractivity contribution in [1.29, 1.82) is 0 Å². The third kappa shape index (κ3) is 3.99. The highest BCUT2D eigenvalue weighted by atomic mass is 79.9. The maximum Gasteiger partial charge on any atom is 0.308 e. The average Bonchev–Trinajstić information content (AvgIpc) is 2.26. The van der Waals surface area contributed by atoms with Crippen molar-refractivity contribution in [3.8, 4) is 0 Å². The molecule has 0 aliphatic carbocycles. The highest BCUT2D eigenvalue weighted by Crippen LogP contribution is 2.19. The summed E-state index contributed by atoms with van der Waals surface area (Å²) in [5.41, 5.74) is 0.388. The molecule has 4 nitrogen and oxygen atoms in total. The van der Waals surface area contributed by atoms with Crippen LogP contribution in [0.5, 0.6) is 0 Å². The Hall–Kier alpha value is -1.07. The van der Waals surface area contributed by atoms with Gasteiger partial charge in [0, 0.05) is 21.1 Å². The molecule has 18 heavy (non-hydrogen) atoms. The van der Waals surface area contributed by atoms with Crippen LogP contribution in [0.2, 0.25) is 5.02 Å². The first-order valence-electron chi connectivity index (χ1n) is 5.31. The summed E-state index contributed by atoms with van der Waals surface area (Å²) in [6.45, 7) is 3.19.